The number of para-hydroxylation sites is 2. The first-order chi connectivity index (χ1) is 13.4. The smallest absolute Gasteiger partial charge is 0.0801 e. The van der Waals surface area contributed by atoms with E-state index in [0.717, 1.165) is 5.52 Å². The molecule has 0 unspecified atom stereocenters. The number of nitrogens with zero attached hydrogens (tertiary/aromatic N) is 2. The fourth-order valence-corrected chi connectivity index (χ4v) is 4.26. The molecule has 6 aromatic rings. The monoisotopic (exact) mass is 344 g/mol. The van der Waals surface area contributed by atoms with Crippen molar-refractivity contribution in [2.75, 3.05) is 0 Å². The van der Waals surface area contributed by atoms with Gasteiger partial charge in [-0.15, -0.1) is 0 Å². The number of benzene rings is 4. The Labute approximate surface area is 156 Å². The highest BCUT2D eigenvalue weighted by molar-refractivity contribution is 6.13. The van der Waals surface area contributed by atoms with Gasteiger partial charge in [0, 0.05) is 27.7 Å². The van der Waals surface area contributed by atoms with Crippen LogP contribution in [0.3, 0.4) is 0 Å². The first kappa shape index (κ1) is 14.5. The van der Waals surface area contributed by atoms with E-state index in [-0.39, 0.29) is 0 Å². The maximum absolute atomic E-state index is 4.73. The quantitative estimate of drug-likeness (QED) is 0.312. The summed E-state index contributed by atoms with van der Waals surface area (Å²) < 4.78 is 2.38. The molecule has 2 heterocycles. The molecule has 0 N–H and O–H groups in total. The Morgan fingerprint density at radius 2 is 1.15 bits per heavy atom. The fraction of sp³-hybridized carbons (Fsp3) is 0. The normalized spacial score (nSPS) is 11.7. The van der Waals surface area contributed by atoms with Crippen LogP contribution in [0.25, 0.3) is 49.2 Å². The van der Waals surface area contributed by atoms with Crippen molar-refractivity contribution in [2.45, 2.75) is 0 Å². The number of pyridine rings is 1. The number of aromatic nitrogens is 2. The molecule has 0 bridgehead atoms. The van der Waals surface area contributed by atoms with Crippen LogP contribution in [0.1, 0.15) is 0 Å². The Balaban J connectivity index is 1.88. The fourth-order valence-electron chi connectivity index (χ4n) is 4.26. The Hall–Kier alpha value is -3.65. The van der Waals surface area contributed by atoms with Crippen molar-refractivity contribution < 1.29 is 0 Å². The van der Waals surface area contributed by atoms with Gasteiger partial charge in [-0.05, 0) is 35.7 Å². The van der Waals surface area contributed by atoms with Gasteiger partial charge >= 0.3 is 0 Å². The topological polar surface area (TPSA) is 17.8 Å². The van der Waals surface area contributed by atoms with Crippen LogP contribution in [0.4, 0.5) is 0 Å². The molecule has 2 aromatic heterocycles. The zero-order valence-electron chi connectivity index (χ0n) is 14.6. The third-order valence-corrected chi connectivity index (χ3v) is 5.41. The van der Waals surface area contributed by atoms with Crippen molar-refractivity contribution in [1.82, 2.24) is 9.55 Å². The van der Waals surface area contributed by atoms with Crippen LogP contribution in [0.2, 0.25) is 0 Å². The van der Waals surface area contributed by atoms with E-state index in [0.29, 0.717) is 0 Å². The lowest BCUT2D eigenvalue weighted by Gasteiger charge is -2.13. The van der Waals surface area contributed by atoms with E-state index in [1.807, 2.05) is 12.3 Å². The lowest BCUT2D eigenvalue weighted by atomic mass is 10.0. The van der Waals surface area contributed by atoms with Crippen molar-refractivity contribution in [3.63, 3.8) is 0 Å². The largest absolute Gasteiger partial charge is 0.309 e. The van der Waals surface area contributed by atoms with Gasteiger partial charge in [-0.25, -0.2) is 0 Å². The van der Waals surface area contributed by atoms with E-state index in [1.54, 1.807) is 0 Å². The van der Waals surface area contributed by atoms with Gasteiger partial charge in [-0.3, -0.25) is 4.98 Å². The van der Waals surface area contributed by atoms with Crippen LogP contribution in [0.5, 0.6) is 0 Å². The molecule has 0 aliphatic heterocycles. The molecule has 0 atom stereocenters. The molecule has 0 aliphatic rings. The highest BCUT2D eigenvalue weighted by Gasteiger charge is 2.15. The number of hydrogen-bond donors (Lipinski definition) is 0. The molecule has 126 valence electrons. The van der Waals surface area contributed by atoms with Gasteiger partial charge in [0.05, 0.1) is 22.2 Å². The van der Waals surface area contributed by atoms with E-state index in [1.165, 1.54) is 43.7 Å². The van der Waals surface area contributed by atoms with Crippen LogP contribution in [-0.2, 0) is 0 Å². The standard InChI is InChI=1S/C25H16N2/c1-2-9-18-17(8-1)16-24(21-12-7-15-26-25(18)21)27-22-13-5-3-10-19(22)20-11-4-6-14-23(20)27/h1-16H. The molecule has 4 aromatic carbocycles. The van der Waals surface area contributed by atoms with E-state index >= 15 is 0 Å². The molecule has 0 saturated heterocycles. The van der Waals surface area contributed by atoms with Gasteiger partial charge in [0.2, 0.25) is 0 Å². The highest BCUT2D eigenvalue weighted by atomic mass is 15.0. The molecule has 0 spiro atoms. The summed E-state index contributed by atoms with van der Waals surface area (Å²) in [5.74, 6) is 0. The number of hydrogen-bond acceptors (Lipinski definition) is 1. The van der Waals surface area contributed by atoms with E-state index in [9.17, 15) is 0 Å². The molecule has 2 heteroatoms. The van der Waals surface area contributed by atoms with Gasteiger partial charge < -0.3 is 4.57 Å². The van der Waals surface area contributed by atoms with Crippen LogP contribution >= 0.6 is 0 Å². The summed E-state index contributed by atoms with van der Waals surface area (Å²) in [5, 5.41) is 6.12. The molecular weight excluding hydrogens is 328 g/mol. The Morgan fingerprint density at radius 1 is 0.556 bits per heavy atom. The average molecular weight is 344 g/mol. The Morgan fingerprint density at radius 3 is 1.89 bits per heavy atom. The van der Waals surface area contributed by atoms with Crippen LogP contribution in [0, 0.1) is 0 Å². The zero-order valence-corrected chi connectivity index (χ0v) is 14.6. The molecule has 27 heavy (non-hydrogen) atoms. The summed E-state index contributed by atoms with van der Waals surface area (Å²) >= 11 is 0. The Kier molecular flexibility index (Phi) is 2.91. The van der Waals surface area contributed by atoms with Crippen molar-refractivity contribution >= 4 is 43.5 Å². The van der Waals surface area contributed by atoms with E-state index in [4.69, 9.17) is 4.98 Å². The number of rotatable bonds is 1. The maximum Gasteiger partial charge on any atom is 0.0801 e. The minimum atomic E-state index is 1.05. The predicted octanol–water partition coefficient (Wildman–Crippen LogP) is 6.49. The summed E-state index contributed by atoms with van der Waals surface area (Å²) in [6.07, 6.45) is 1.88. The molecule has 0 fully saturated rings. The molecule has 2 nitrogen and oxygen atoms in total. The van der Waals surface area contributed by atoms with E-state index < -0.39 is 0 Å². The molecular formula is C25H16N2. The van der Waals surface area contributed by atoms with Crippen molar-refractivity contribution in [2.24, 2.45) is 0 Å². The number of fused-ring (bicyclic) bond motifs is 6. The molecule has 0 aliphatic carbocycles. The molecule has 0 saturated carbocycles. The Bertz CT molecular complexity index is 1420. The van der Waals surface area contributed by atoms with Gasteiger partial charge in [-0.2, -0.15) is 0 Å². The summed E-state index contributed by atoms with van der Waals surface area (Å²) in [5.41, 5.74) is 4.67. The van der Waals surface area contributed by atoms with Gasteiger partial charge in [0.15, 0.2) is 0 Å². The third kappa shape index (κ3) is 1.98. The van der Waals surface area contributed by atoms with Gasteiger partial charge in [-0.1, -0.05) is 60.7 Å². The minimum absolute atomic E-state index is 1.05. The maximum atomic E-state index is 4.73. The van der Waals surface area contributed by atoms with Crippen molar-refractivity contribution in [3.8, 4) is 5.69 Å². The lowest BCUT2D eigenvalue weighted by molar-refractivity contribution is 1.20. The minimum Gasteiger partial charge on any atom is -0.309 e. The lowest BCUT2D eigenvalue weighted by Crippen LogP contribution is -1.96. The first-order valence-corrected chi connectivity index (χ1v) is 9.17. The predicted molar refractivity (Wildman–Crippen MR) is 114 cm³/mol. The van der Waals surface area contributed by atoms with Crippen molar-refractivity contribution in [1.29, 1.82) is 0 Å². The highest BCUT2D eigenvalue weighted by Crippen LogP contribution is 2.36. The average Bonchev–Trinajstić information content (AvgIpc) is 3.08. The van der Waals surface area contributed by atoms with Crippen LogP contribution in [-0.4, -0.2) is 9.55 Å². The van der Waals surface area contributed by atoms with Crippen molar-refractivity contribution in [3.05, 3.63) is 97.2 Å². The molecule has 0 radical (unpaired) electrons. The second-order valence-corrected chi connectivity index (χ2v) is 6.89. The third-order valence-electron chi connectivity index (χ3n) is 5.41. The zero-order chi connectivity index (χ0) is 17.8. The first-order valence-electron chi connectivity index (χ1n) is 9.17. The van der Waals surface area contributed by atoms with Gasteiger partial charge in [0.25, 0.3) is 0 Å². The summed E-state index contributed by atoms with van der Waals surface area (Å²) in [7, 11) is 0. The molecule has 0 amide bonds. The molecule has 6 rings (SSSR count). The SMILES string of the molecule is c1ccc2c(c1)cc(-n1c3ccccc3c3ccccc31)c1cccnc12. The van der Waals surface area contributed by atoms with Gasteiger partial charge in [0.1, 0.15) is 0 Å². The second-order valence-electron chi connectivity index (χ2n) is 6.89. The summed E-state index contributed by atoms with van der Waals surface area (Å²) in [6.45, 7) is 0. The van der Waals surface area contributed by atoms with Crippen LogP contribution < -0.4 is 0 Å². The second kappa shape index (κ2) is 5.42. The van der Waals surface area contributed by atoms with E-state index in [2.05, 4.69) is 89.5 Å². The summed E-state index contributed by atoms with van der Waals surface area (Å²) in [4.78, 5) is 4.73. The summed E-state index contributed by atoms with van der Waals surface area (Å²) in [6, 6.07) is 32.2. The van der Waals surface area contributed by atoms with Crippen LogP contribution in [0.15, 0.2) is 97.2 Å².